The minimum Gasteiger partial charge on any atom is -0.447 e. The minimum absolute atomic E-state index is 0.0947. The van der Waals surface area contributed by atoms with E-state index in [0.29, 0.717) is 19.4 Å². The van der Waals surface area contributed by atoms with Crippen molar-refractivity contribution in [3.05, 3.63) is 35.9 Å². The Kier molecular flexibility index (Phi) is 9.02. The number of nitrogens with zero attached hydrogens (tertiary/aromatic N) is 1. The zero-order chi connectivity index (χ0) is 17.9. The van der Waals surface area contributed by atoms with Crippen molar-refractivity contribution in [2.75, 3.05) is 11.9 Å². The van der Waals surface area contributed by atoms with Gasteiger partial charge >= 0.3 is 6.09 Å². The van der Waals surface area contributed by atoms with Gasteiger partial charge in [-0.2, -0.15) is 0 Å². The summed E-state index contributed by atoms with van der Waals surface area (Å²) in [6.45, 7) is 0.299. The lowest BCUT2D eigenvalue weighted by Gasteiger charge is -2.19. The first-order chi connectivity index (χ1) is 12.2. The molecule has 25 heavy (non-hydrogen) atoms. The lowest BCUT2D eigenvalue weighted by atomic mass is 10.0. The van der Waals surface area contributed by atoms with Gasteiger partial charge in [0.15, 0.2) is 0 Å². The van der Waals surface area contributed by atoms with E-state index in [1.165, 1.54) is 30.6 Å². The van der Waals surface area contributed by atoms with Crippen molar-refractivity contribution < 1.29 is 14.3 Å². The third-order valence-corrected chi connectivity index (χ3v) is 5.13. The van der Waals surface area contributed by atoms with E-state index in [0.717, 1.165) is 30.2 Å². The van der Waals surface area contributed by atoms with Crippen LogP contribution in [0.25, 0.3) is 0 Å². The maximum Gasteiger partial charge on any atom is 0.416 e. The molecule has 1 atom stereocenters. The van der Waals surface area contributed by atoms with Crippen LogP contribution in [0.2, 0.25) is 0 Å². The van der Waals surface area contributed by atoms with Crippen LogP contribution in [0.3, 0.4) is 0 Å². The van der Waals surface area contributed by atoms with E-state index in [2.05, 4.69) is 15.9 Å². The monoisotopic (exact) mass is 409 g/mol. The summed E-state index contributed by atoms with van der Waals surface area (Å²) in [6, 6.07) is 9.75. The molecule has 138 valence electrons. The zero-order valence-electron chi connectivity index (χ0n) is 14.8. The summed E-state index contributed by atoms with van der Waals surface area (Å²) >= 11 is 3.44. The van der Waals surface area contributed by atoms with E-state index in [1.807, 2.05) is 30.3 Å². The summed E-state index contributed by atoms with van der Waals surface area (Å²) in [7, 11) is 0. The van der Waals surface area contributed by atoms with Crippen molar-refractivity contribution in [2.45, 2.75) is 63.8 Å². The van der Waals surface area contributed by atoms with Gasteiger partial charge < -0.3 is 4.74 Å². The third-order valence-electron chi connectivity index (χ3n) is 4.57. The Morgan fingerprint density at radius 2 is 1.68 bits per heavy atom. The van der Waals surface area contributed by atoms with Crippen LogP contribution >= 0.6 is 15.9 Å². The second-order valence-corrected chi connectivity index (χ2v) is 7.39. The predicted molar refractivity (Wildman–Crippen MR) is 103 cm³/mol. The molecule has 1 aromatic rings. The number of amides is 2. The zero-order valence-corrected chi connectivity index (χ0v) is 16.4. The molecule has 1 saturated heterocycles. The fourth-order valence-corrected chi connectivity index (χ4v) is 3.57. The number of rotatable bonds is 11. The van der Waals surface area contributed by atoms with Crippen molar-refractivity contribution in [3.63, 3.8) is 0 Å². The van der Waals surface area contributed by atoms with Crippen LogP contribution in [0.5, 0.6) is 0 Å². The standard InChI is InChI=1S/C20H28BrNO3/c21-14-10-5-3-1-2-4-9-13-19(23)22-18(16-25-20(22)24)15-17-11-7-6-8-12-17/h6-8,11-12,18H,1-5,9-10,13-16H2/t18-/m0/s1. The number of carbonyl (C=O) groups is 2. The largest absolute Gasteiger partial charge is 0.447 e. The number of unbranched alkanes of at least 4 members (excludes halogenated alkanes) is 6. The Morgan fingerprint density at radius 1 is 1.04 bits per heavy atom. The summed E-state index contributed by atoms with van der Waals surface area (Å²) in [5.41, 5.74) is 1.12. The molecule has 4 nitrogen and oxygen atoms in total. The van der Waals surface area contributed by atoms with Crippen LogP contribution in [-0.4, -0.2) is 34.9 Å². The molecule has 1 fully saturated rings. The SMILES string of the molecule is O=C(CCCCCCCCCBr)N1C(=O)OC[C@@H]1Cc1ccccc1. The minimum atomic E-state index is -0.485. The van der Waals surface area contributed by atoms with Gasteiger partial charge in [-0.1, -0.05) is 78.4 Å². The topological polar surface area (TPSA) is 46.6 Å². The van der Waals surface area contributed by atoms with Gasteiger partial charge in [0.05, 0.1) is 6.04 Å². The normalized spacial score (nSPS) is 16.9. The lowest BCUT2D eigenvalue weighted by Crippen LogP contribution is -2.40. The summed E-state index contributed by atoms with van der Waals surface area (Å²) < 4.78 is 5.12. The molecule has 1 aliphatic rings. The highest BCUT2D eigenvalue weighted by Gasteiger charge is 2.37. The number of alkyl halides is 1. The Labute approximate surface area is 159 Å². The van der Waals surface area contributed by atoms with Crippen LogP contribution < -0.4 is 0 Å². The van der Waals surface area contributed by atoms with Crippen molar-refractivity contribution in [2.24, 2.45) is 0 Å². The highest BCUT2D eigenvalue weighted by atomic mass is 79.9. The van der Waals surface area contributed by atoms with Crippen LogP contribution in [-0.2, 0) is 16.0 Å². The average Bonchev–Trinajstić information content (AvgIpc) is 2.98. The fourth-order valence-electron chi connectivity index (χ4n) is 3.18. The second-order valence-electron chi connectivity index (χ2n) is 6.60. The lowest BCUT2D eigenvalue weighted by molar-refractivity contribution is -0.129. The van der Waals surface area contributed by atoms with Crippen molar-refractivity contribution in [1.29, 1.82) is 0 Å². The van der Waals surface area contributed by atoms with Gasteiger partial charge in [-0.05, 0) is 24.8 Å². The first-order valence-electron chi connectivity index (χ1n) is 9.31. The van der Waals surface area contributed by atoms with Gasteiger partial charge in [0.1, 0.15) is 6.61 Å². The van der Waals surface area contributed by atoms with Crippen LogP contribution in [0.15, 0.2) is 30.3 Å². The molecule has 0 unspecified atom stereocenters. The molecule has 0 aliphatic carbocycles. The molecular weight excluding hydrogens is 382 g/mol. The molecule has 0 spiro atoms. The number of halogens is 1. The van der Waals surface area contributed by atoms with E-state index < -0.39 is 6.09 Å². The maximum atomic E-state index is 12.5. The number of ether oxygens (including phenoxy) is 1. The Bertz CT molecular complexity index is 535. The number of cyclic esters (lactones) is 1. The summed E-state index contributed by atoms with van der Waals surface area (Å²) in [5.74, 6) is -0.0947. The first-order valence-corrected chi connectivity index (χ1v) is 10.4. The van der Waals surface area contributed by atoms with Gasteiger partial charge in [-0.25, -0.2) is 9.69 Å². The van der Waals surface area contributed by atoms with Gasteiger partial charge in [-0.3, -0.25) is 4.79 Å². The number of carbonyl (C=O) groups excluding carboxylic acids is 2. The van der Waals surface area contributed by atoms with Gasteiger partial charge in [0.25, 0.3) is 0 Å². The number of imide groups is 1. The van der Waals surface area contributed by atoms with Gasteiger partial charge in [0, 0.05) is 11.8 Å². The van der Waals surface area contributed by atoms with Crippen molar-refractivity contribution >= 4 is 27.9 Å². The van der Waals surface area contributed by atoms with Crippen molar-refractivity contribution in [3.8, 4) is 0 Å². The Balaban J connectivity index is 1.70. The molecule has 0 N–H and O–H groups in total. The quantitative estimate of drug-likeness (QED) is 0.377. The maximum absolute atomic E-state index is 12.5. The molecule has 1 heterocycles. The van der Waals surface area contributed by atoms with E-state index in [1.54, 1.807) is 0 Å². The van der Waals surface area contributed by atoms with Gasteiger partial charge in [-0.15, -0.1) is 0 Å². The first kappa shape index (κ1) is 20.0. The van der Waals surface area contributed by atoms with Crippen LogP contribution in [0.4, 0.5) is 4.79 Å². The molecule has 2 rings (SSSR count). The highest BCUT2D eigenvalue weighted by molar-refractivity contribution is 9.09. The highest BCUT2D eigenvalue weighted by Crippen LogP contribution is 2.19. The molecule has 0 radical (unpaired) electrons. The Morgan fingerprint density at radius 3 is 2.36 bits per heavy atom. The molecule has 2 amide bonds. The molecular formula is C20H28BrNO3. The van der Waals surface area contributed by atoms with E-state index in [4.69, 9.17) is 4.74 Å². The molecule has 1 aliphatic heterocycles. The average molecular weight is 410 g/mol. The molecule has 0 saturated carbocycles. The molecule has 0 bridgehead atoms. The number of hydrogen-bond donors (Lipinski definition) is 0. The molecule has 1 aromatic carbocycles. The summed E-state index contributed by atoms with van der Waals surface area (Å²) in [4.78, 5) is 25.7. The fraction of sp³-hybridized carbons (Fsp3) is 0.600. The number of benzene rings is 1. The van der Waals surface area contributed by atoms with Crippen molar-refractivity contribution in [1.82, 2.24) is 4.90 Å². The molecule has 5 heteroatoms. The van der Waals surface area contributed by atoms with E-state index in [-0.39, 0.29) is 11.9 Å². The summed E-state index contributed by atoms with van der Waals surface area (Å²) in [6.07, 6.45) is 8.65. The van der Waals surface area contributed by atoms with E-state index in [9.17, 15) is 9.59 Å². The smallest absolute Gasteiger partial charge is 0.416 e. The predicted octanol–water partition coefficient (Wildman–Crippen LogP) is 5.09. The van der Waals surface area contributed by atoms with Crippen LogP contribution in [0.1, 0.15) is 56.9 Å². The molecule has 0 aromatic heterocycles. The third kappa shape index (κ3) is 6.81. The van der Waals surface area contributed by atoms with E-state index >= 15 is 0 Å². The van der Waals surface area contributed by atoms with Crippen LogP contribution in [0, 0.1) is 0 Å². The van der Waals surface area contributed by atoms with Gasteiger partial charge in [0.2, 0.25) is 5.91 Å². The number of hydrogen-bond acceptors (Lipinski definition) is 3. The Hall–Kier alpha value is -1.36. The summed E-state index contributed by atoms with van der Waals surface area (Å²) in [5, 5.41) is 1.08. The second kappa shape index (κ2) is 11.3.